The molecule has 0 aliphatic heterocycles. The van der Waals surface area contributed by atoms with Crippen LogP contribution in [0, 0.1) is 0 Å². The number of carboxylic acids is 1. The summed E-state index contributed by atoms with van der Waals surface area (Å²) in [5.74, 6) is -0.876. The minimum atomic E-state index is -0.876. The second kappa shape index (κ2) is 6.44. The third kappa shape index (κ3) is 4.60. The van der Waals surface area contributed by atoms with Crippen molar-refractivity contribution in [2.45, 2.75) is 38.1 Å². The Morgan fingerprint density at radius 3 is 2.59 bits per heavy atom. The van der Waals surface area contributed by atoms with Crippen molar-refractivity contribution in [2.24, 2.45) is 0 Å². The fourth-order valence-corrected chi connectivity index (χ4v) is 1.91. The van der Waals surface area contributed by atoms with Crippen molar-refractivity contribution in [3.8, 4) is 0 Å². The Labute approximate surface area is 101 Å². The van der Waals surface area contributed by atoms with E-state index < -0.39 is 11.5 Å². The lowest BCUT2D eigenvalue weighted by Gasteiger charge is -2.41. The quantitative estimate of drug-likeness (QED) is 0.576. The highest BCUT2D eigenvalue weighted by atomic mass is 16.5. The summed E-state index contributed by atoms with van der Waals surface area (Å²) in [5.41, 5.74) is -0.540. The molecule has 6 heteroatoms. The van der Waals surface area contributed by atoms with Gasteiger partial charge in [0.2, 0.25) is 0 Å². The molecule has 0 atom stereocenters. The summed E-state index contributed by atoms with van der Waals surface area (Å²) in [6.07, 6.45) is 2.43. The van der Waals surface area contributed by atoms with Gasteiger partial charge >= 0.3 is 12.0 Å². The number of nitrogens with one attached hydrogen (secondary N) is 2. The topological polar surface area (TPSA) is 87.7 Å². The third-order valence-electron chi connectivity index (χ3n) is 2.92. The van der Waals surface area contributed by atoms with Gasteiger partial charge in [-0.15, -0.1) is 0 Å². The van der Waals surface area contributed by atoms with Crippen LogP contribution in [0.1, 0.15) is 32.6 Å². The molecule has 6 nitrogen and oxygen atoms in total. The molecule has 1 fully saturated rings. The van der Waals surface area contributed by atoms with Crippen LogP contribution in [0.3, 0.4) is 0 Å². The molecule has 1 aliphatic carbocycles. The molecule has 0 unspecified atom stereocenters. The molecule has 0 bridgehead atoms. The zero-order valence-electron chi connectivity index (χ0n) is 10.1. The highest BCUT2D eigenvalue weighted by Crippen LogP contribution is 2.34. The van der Waals surface area contributed by atoms with Crippen LogP contribution in [-0.4, -0.2) is 42.4 Å². The number of hydrogen-bond acceptors (Lipinski definition) is 3. The van der Waals surface area contributed by atoms with E-state index in [9.17, 15) is 9.59 Å². The summed E-state index contributed by atoms with van der Waals surface area (Å²) < 4.78 is 5.08. The molecule has 1 rings (SSSR count). The van der Waals surface area contributed by atoms with E-state index in [2.05, 4.69) is 10.6 Å². The number of amides is 2. The second-order valence-corrected chi connectivity index (χ2v) is 4.28. The maximum Gasteiger partial charge on any atom is 0.315 e. The molecule has 98 valence electrons. The van der Waals surface area contributed by atoms with Crippen molar-refractivity contribution < 1.29 is 19.4 Å². The third-order valence-corrected chi connectivity index (χ3v) is 2.92. The highest BCUT2D eigenvalue weighted by molar-refractivity contribution is 5.77. The van der Waals surface area contributed by atoms with E-state index in [1.165, 1.54) is 0 Å². The van der Waals surface area contributed by atoms with Crippen molar-refractivity contribution in [1.29, 1.82) is 0 Å². The zero-order chi connectivity index (χ0) is 12.7. The fraction of sp³-hybridized carbons (Fsp3) is 0.818. The van der Waals surface area contributed by atoms with Gasteiger partial charge in [-0.25, -0.2) is 4.79 Å². The molecule has 17 heavy (non-hydrogen) atoms. The van der Waals surface area contributed by atoms with Crippen LogP contribution in [-0.2, 0) is 9.53 Å². The lowest BCUT2D eigenvalue weighted by atomic mass is 9.74. The number of urea groups is 1. The first-order valence-electron chi connectivity index (χ1n) is 5.93. The van der Waals surface area contributed by atoms with Crippen molar-refractivity contribution in [2.75, 3.05) is 19.8 Å². The average molecular weight is 244 g/mol. The van der Waals surface area contributed by atoms with E-state index >= 15 is 0 Å². The number of hydrogen-bond donors (Lipinski definition) is 3. The number of carbonyl (C=O) groups excluding carboxylic acids is 1. The SMILES string of the molecule is CCOCCNC(=O)NC1(CC(=O)O)CCC1. The largest absolute Gasteiger partial charge is 0.481 e. The van der Waals surface area contributed by atoms with Crippen LogP contribution < -0.4 is 10.6 Å². The van der Waals surface area contributed by atoms with Crippen molar-refractivity contribution in [3.63, 3.8) is 0 Å². The summed E-state index contributed by atoms with van der Waals surface area (Å²) >= 11 is 0. The summed E-state index contributed by atoms with van der Waals surface area (Å²) in [4.78, 5) is 22.2. The molecule has 0 spiro atoms. The van der Waals surface area contributed by atoms with Gasteiger partial charge in [-0.1, -0.05) is 0 Å². The zero-order valence-corrected chi connectivity index (χ0v) is 10.1. The normalized spacial score (nSPS) is 17.0. The van der Waals surface area contributed by atoms with E-state index in [0.717, 1.165) is 19.3 Å². The lowest BCUT2D eigenvalue weighted by Crippen LogP contribution is -2.57. The maximum absolute atomic E-state index is 11.5. The van der Waals surface area contributed by atoms with Gasteiger partial charge in [-0.2, -0.15) is 0 Å². The molecule has 0 heterocycles. The van der Waals surface area contributed by atoms with Crippen molar-refractivity contribution in [1.82, 2.24) is 10.6 Å². The Balaban J connectivity index is 2.25. The second-order valence-electron chi connectivity index (χ2n) is 4.28. The molecule has 0 saturated heterocycles. The van der Waals surface area contributed by atoms with Crippen LogP contribution in [0.15, 0.2) is 0 Å². The highest BCUT2D eigenvalue weighted by Gasteiger charge is 2.40. The molecule has 1 aliphatic rings. The molecule has 0 aromatic rings. The predicted molar refractivity (Wildman–Crippen MR) is 61.9 cm³/mol. The van der Waals surface area contributed by atoms with E-state index in [0.29, 0.717) is 19.8 Å². The summed E-state index contributed by atoms with van der Waals surface area (Å²) in [6, 6.07) is -0.314. The van der Waals surface area contributed by atoms with Crippen LogP contribution >= 0.6 is 0 Å². The van der Waals surface area contributed by atoms with Gasteiger partial charge < -0.3 is 20.5 Å². The number of aliphatic carboxylic acids is 1. The van der Waals surface area contributed by atoms with Crippen LogP contribution in [0.25, 0.3) is 0 Å². The standard InChI is InChI=1S/C11H20N2O4/c1-2-17-7-6-12-10(16)13-11(4-3-5-11)8-9(14)15/h2-8H2,1H3,(H,14,15)(H2,12,13,16). The van der Waals surface area contributed by atoms with E-state index in [-0.39, 0.29) is 12.5 Å². The van der Waals surface area contributed by atoms with Crippen molar-refractivity contribution in [3.05, 3.63) is 0 Å². The van der Waals surface area contributed by atoms with Crippen LogP contribution in [0.4, 0.5) is 4.79 Å². The van der Waals surface area contributed by atoms with Gasteiger partial charge in [0.15, 0.2) is 0 Å². The predicted octanol–water partition coefficient (Wildman–Crippen LogP) is 0.719. The first-order chi connectivity index (χ1) is 8.08. The molecular weight excluding hydrogens is 224 g/mol. The number of rotatable bonds is 7. The van der Waals surface area contributed by atoms with Gasteiger partial charge in [0.05, 0.1) is 18.6 Å². The first-order valence-corrected chi connectivity index (χ1v) is 5.93. The fourth-order valence-electron chi connectivity index (χ4n) is 1.91. The molecule has 0 aromatic heterocycles. The van der Waals surface area contributed by atoms with Crippen LogP contribution in [0.5, 0.6) is 0 Å². The van der Waals surface area contributed by atoms with E-state index in [1.807, 2.05) is 6.92 Å². The number of carboxylic acid groups (broad SMARTS) is 1. The van der Waals surface area contributed by atoms with Crippen LogP contribution in [0.2, 0.25) is 0 Å². The molecule has 1 saturated carbocycles. The lowest BCUT2D eigenvalue weighted by molar-refractivity contribution is -0.139. The maximum atomic E-state index is 11.5. The van der Waals surface area contributed by atoms with Gasteiger partial charge in [0, 0.05) is 13.2 Å². The Morgan fingerprint density at radius 2 is 2.12 bits per heavy atom. The first kappa shape index (κ1) is 13.8. The Morgan fingerprint density at radius 1 is 1.41 bits per heavy atom. The summed E-state index contributed by atoms with van der Waals surface area (Å²) in [7, 11) is 0. The van der Waals surface area contributed by atoms with Gasteiger partial charge in [0.1, 0.15) is 0 Å². The smallest absolute Gasteiger partial charge is 0.315 e. The summed E-state index contributed by atoms with van der Waals surface area (Å²) in [6.45, 7) is 3.40. The Bertz CT molecular complexity index is 277. The van der Waals surface area contributed by atoms with Gasteiger partial charge in [-0.3, -0.25) is 4.79 Å². The Kier molecular flexibility index (Phi) is 5.21. The van der Waals surface area contributed by atoms with Crippen molar-refractivity contribution >= 4 is 12.0 Å². The minimum Gasteiger partial charge on any atom is -0.481 e. The molecule has 3 N–H and O–H groups in total. The van der Waals surface area contributed by atoms with E-state index in [4.69, 9.17) is 9.84 Å². The molecular formula is C11H20N2O4. The van der Waals surface area contributed by atoms with Gasteiger partial charge in [0.25, 0.3) is 0 Å². The molecule has 2 amide bonds. The van der Waals surface area contributed by atoms with Gasteiger partial charge in [-0.05, 0) is 26.2 Å². The monoisotopic (exact) mass is 244 g/mol. The molecule has 0 radical (unpaired) electrons. The summed E-state index contributed by atoms with van der Waals surface area (Å²) in [5, 5.41) is 14.2. The number of ether oxygens (including phenoxy) is 1. The van der Waals surface area contributed by atoms with E-state index in [1.54, 1.807) is 0 Å². The molecule has 0 aromatic carbocycles. The number of carbonyl (C=O) groups is 2. The average Bonchev–Trinajstić information content (AvgIpc) is 2.20. The minimum absolute atomic E-state index is 0.00806. The Hall–Kier alpha value is -1.30.